The van der Waals surface area contributed by atoms with E-state index in [-0.39, 0.29) is 5.97 Å². The standard InChI is InChI=1S/C8H8.C7H10.C5H5F3O2.C5H8O2.C4H6O2.C4H8O.C3H6O.2C2H6O/c1-2-8-6-4-3-5-7-8;1-2-7-4-3-6(1)5-7;1-3(4(9)10-2)5(6,7)8;1-4(2)5(6)7-3;1-3-4(5)6-2;1-3-4-5-2;1-3-4-2;2*1-3-2/h2-7H,1H2;1-2,6-7H,3-5H2;1H2,2H3;1H2,2-3H3;3H,1H2,2H3;3H,1,4H2,2H3;3H,1H2,2H3;2*1-2H3. The molecule has 13 heteroatoms. The van der Waals surface area contributed by atoms with Gasteiger partial charge in [-0.1, -0.05) is 87.5 Å². The average Bonchev–Trinajstić information content (AvgIpc) is 3.83. The summed E-state index contributed by atoms with van der Waals surface area (Å²) in [6, 6.07) is 10.0. The minimum absolute atomic E-state index is 0.347. The van der Waals surface area contributed by atoms with Crippen molar-refractivity contribution in [1.82, 2.24) is 0 Å². The van der Waals surface area contributed by atoms with Gasteiger partial charge in [0.25, 0.3) is 0 Å². The number of halogens is 3. The van der Waals surface area contributed by atoms with E-state index in [2.05, 4.69) is 84.8 Å². The Labute approximate surface area is 316 Å². The van der Waals surface area contributed by atoms with E-state index in [0.29, 0.717) is 12.2 Å². The quantitative estimate of drug-likeness (QED) is 0.0878. The number of ether oxygens (including phenoxy) is 7. The summed E-state index contributed by atoms with van der Waals surface area (Å²) in [7, 11) is 13.2. The first-order valence-corrected chi connectivity index (χ1v) is 15.6. The van der Waals surface area contributed by atoms with Crippen LogP contribution in [0.15, 0.2) is 112 Å². The second kappa shape index (κ2) is 45.3. The normalized spacial score (nSPS) is 12.9. The molecule has 0 aliphatic heterocycles. The Balaban J connectivity index is -0.000000120. The van der Waals surface area contributed by atoms with Crippen LogP contribution >= 0.6 is 0 Å². The molecule has 1 aromatic carbocycles. The fourth-order valence-corrected chi connectivity index (χ4v) is 2.92. The van der Waals surface area contributed by atoms with Crippen LogP contribution < -0.4 is 0 Å². The van der Waals surface area contributed by atoms with Crippen molar-refractivity contribution in [2.75, 3.05) is 70.6 Å². The maximum atomic E-state index is 11.5. The molecule has 3 rings (SSSR count). The zero-order valence-electron chi connectivity index (χ0n) is 33.3. The predicted molar refractivity (Wildman–Crippen MR) is 208 cm³/mol. The minimum Gasteiger partial charge on any atom is -0.505 e. The lowest BCUT2D eigenvalue weighted by Crippen LogP contribution is -2.19. The number of carbonyl (C=O) groups is 3. The zero-order valence-corrected chi connectivity index (χ0v) is 33.3. The van der Waals surface area contributed by atoms with E-state index in [1.807, 2.05) is 36.4 Å². The SMILES string of the molecule is C1=CC2CCC1C2.C=C(C(=O)OC)C(F)(F)F.C=C(C)C(=O)OC.C=CC(=O)OC.C=CCOC.C=COC.C=Cc1ccccc1.COC.COC. The number of esters is 3. The average molecular weight is 761 g/mol. The van der Waals surface area contributed by atoms with Crippen molar-refractivity contribution in [2.24, 2.45) is 11.8 Å². The number of allylic oxidation sites excluding steroid dienone is 2. The van der Waals surface area contributed by atoms with Crippen molar-refractivity contribution in [2.45, 2.75) is 32.4 Å². The molecule has 2 bridgehead atoms. The number of alkyl halides is 3. The molecule has 10 nitrogen and oxygen atoms in total. The second-order valence-electron chi connectivity index (χ2n) is 9.76. The van der Waals surface area contributed by atoms with E-state index in [4.69, 9.17) is 0 Å². The van der Waals surface area contributed by atoms with Gasteiger partial charge in [-0.25, -0.2) is 14.4 Å². The van der Waals surface area contributed by atoms with Crippen LogP contribution in [0.5, 0.6) is 0 Å². The number of hydrogen-bond acceptors (Lipinski definition) is 10. The van der Waals surface area contributed by atoms with Gasteiger partial charge < -0.3 is 33.2 Å². The molecule has 0 N–H and O–H groups in total. The van der Waals surface area contributed by atoms with Crippen molar-refractivity contribution in [3.05, 3.63) is 117 Å². The third-order valence-corrected chi connectivity index (χ3v) is 5.33. The molecule has 1 fully saturated rings. The molecule has 0 amide bonds. The van der Waals surface area contributed by atoms with E-state index in [1.54, 1.807) is 55.7 Å². The van der Waals surface area contributed by atoms with Gasteiger partial charge >= 0.3 is 24.1 Å². The maximum Gasteiger partial charge on any atom is 0.422 e. The van der Waals surface area contributed by atoms with E-state index in [0.717, 1.165) is 25.0 Å². The number of hydrogen-bond donors (Lipinski definition) is 0. The molecule has 0 spiro atoms. The fraction of sp³-hybridized carbons (Fsp3) is 0.425. The molecule has 0 aromatic heterocycles. The topological polar surface area (TPSA) is 116 Å². The highest BCUT2D eigenvalue weighted by molar-refractivity contribution is 5.89. The maximum absolute atomic E-state index is 11.5. The molecular formula is C40H63F3O10. The summed E-state index contributed by atoms with van der Waals surface area (Å²) in [6.07, 6.45) is 10.5. The summed E-state index contributed by atoms with van der Waals surface area (Å²) in [5.74, 6) is -0.211. The lowest BCUT2D eigenvalue weighted by Gasteiger charge is -2.05. The molecule has 2 aliphatic rings. The van der Waals surface area contributed by atoms with Gasteiger partial charge in [0.1, 0.15) is 5.57 Å². The lowest BCUT2D eigenvalue weighted by atomic mass is 10.1. The van der Waals surface area contributed by atoms with E-state index < -0.39 is 23.7 Å². The first-order chi connectivity index (χ1) is 24.9. The van der Waals surface area contributed by atoms with Gasteiger partial charge in [0.15, 0.2) is 0 Å². The van der Waals surface area contributed by atoms with Crippen LogP contribution in [0.25, 0.3) is 6.08 Å². The zero-order chi connectivity index (χ0) is 42.7. The van der Waals surface area contributed by atoms with Crippen molar-refractivity contribution in [3.8, 4) is 0 Å². The van der Waals surface area contributed by atoms with Crippen LogP contribution in [-0.4, -0.2) is 94.7 Å². The van der Waals surface area contributed by atoms with Crippen LogP contribution in [0.1, 0.15) is 31.7 Å². The van der Waals surface area contributed by atoms with Gasteiger partial charge in [-0.05, 0) is 43.6 Å². The van der Waals surface area contributed by atoms with Gasteiger partial charge in [0.05, 0.1) is 41.3 Å². The molecule has 2 atom stereocenters. The number of benzene rings is 1. The van der Waals surface area contributed by atoms with Crippen LogP contribution in [0.3, 0.4) is 0 Å². The number of carbonyl (C=O) groups excluding carboxylic acids is 3. The molecule has 1 saturated carbocycles. The number of rotatable bonds is 7. The van der Waals surface area contributed by atoms with Crippen LogP contribution in [0.4, 0.5) is 13.2 Å². The Bertz CT molecular complexity index is 1120. The summed E-state index contributed by atoms with van der Waals surface area (Å²) in [5.41, 5.74) is 0.116. The summed E-state index contributed by atoms with van der Waals surface area (Å²) in [6.45, 7) is 21.6. The molecule has 0 heterocycles. The minimum atomic E-state index is -4.69. The molecule has 304 valence electrons. The highest BCUT2D eigenvalue weighted by Gasteiger charge is 2.37. The Morgan fingerprint density at radius 2 is 1.17 bits per heavy atom. The van der Waals surface area contributed by atoms with Crippen LogP contribution in [-0.2, 0) is 47.5 Å². The van der Waals surface area contributed by atoms with Crippen molar-refractivity contribution in [3.63, 3.8) is 0 Å². The van der Waals surface area contributed by atoms with E-state index in [1.165, 1.54) is 45.3 Å². The Kier molecular flexibility index (Phi) is 51.6. The van der Waals surface area contributed by atoms with Gasteiger partial charge in [0, 0.05) is 47.2 Å². The summed E-state index contributed by atoms with van der Waals surface area (Å²) in [5, 5.41) is 0. The lowest BCUT2D eigenvalue weighted by molar-refractivity contribution is -0.148. The molecule has 2 unspecified atom stereocenters. The predicted octanol–water partition coefficient (Wildman–Crippen LogP) is 8.78. The van der Waals surface area contributed by atoms with Crippen molar-refractivity contribution in [1.29, 1.82) is 0 Å². The van der Waals surface area contributed by atoms with E-state index >= 15 is 0 Å². The molecular weight excluding hydrogens is 697 g/mol. The van der Waals surface area contributed by atoms with Gasteiger partial charge in [-0.2, -0.15) is 13.2 Å². The fourth-order valence-electron chi connectivity index (χ4n) is 2.92. The first kappa shape index (κ1) is 60.4. The van der Waals surface area contributed by atoms with Gasteiger partial charge in [0.2, 0.25) is 0 Å². The third-order valence-electron chi connectivity index (χ3n) is 5.33. The summed E-state index contributed by atoms with van der Waals surface area (Å²) < 4.78 is 64.0. The first-order valence-electron chi connectivity index (χ1n) is 15.6. The van der Waals surface area contributed by atoms with Crippen molar-refractivity contribution < 1.29 is 60.7 Å². The van der Waals surface area contributed by atoms with E-state index in [9.17, 15) is 27.6 Å². The van der Waals surface area contributed by atoms with Crippen LogP contribution in [0.2, 0.25) is 0 Å². The summed E-state index contributed by atoms with van der Waals surface area (Å²) in [4.78, 5) is 30.1. The second-order valence-corrected chi connectivity index (χ2v) is 9.76. The molecule has 0 saturated heterocycles. The van der Waals surface area contributed by atoms with Crippen LogP contribution in [0, 0.1) is 11.8 Å². The van der Waals surface area contributed by atoms with Crippen molar-refractivity contribution >= 4 is 24.0 Å². The highest BCUT2D eigenvalue weighted by atomic mass is 19.4. The molecule has 53 heavy (non-hydrogen) atoms. The number of methoxy groups -OCH3 is 7. The Morgan fingerprint density at radius 3 is 1.26 bits per heavy atom. The third kappa shape index (κ3) is 49.4. The van der Waals surface area contributed by atoms with Gasteiger partial charge in [-0.3, -0.25) is 0 Å². The molecule has 0 radical (unpaired) electrons. The Hall–Kier alpha value is -4.72. The monoisotopic (exact) mass is 760 g/mol. The highest BCUT2D eigenvalue weighted by Crippen LogP contribution is 2.38. The number of fused-ring (bicyclic) bond motifs is 2. The largest absolute Gasteiger partial charge is 0.505 e. The Morgan fingerprint density at radius 1 is 0.755 bits per heavy atom. The molecule has 2 aliphatic carbocycles. The molecule has 1 aromatic rings. The smallest absolute Gasteiger partial charge is 0.422 e. The van der Waals surface area contributed by atoms with Gasteiger partial charge in [-0.15, -0.1) is 6.58 Å². The summed E-state index contributed by atoms with van der Waals surface area (Å²) >= 11 is 0.